The molecular weight excluding hydrogens is 181 g/mol. The molecule has 1 aliphatic rings. The minimum Gasteiger partial charge on any atom is -0.377 e. The van der Waals surface area contributed by atoms with Gasteiger partial charge in [-0.15, -0.1) is 0 Å². The van der Waals surface area contributed by atoms with Gasteiger partial charge in [-0.2, -0.15) is 0 Å². The topological polar surface area (TPSA) is 21.3 Å². The first-order chi connectivity index (χ1) is 6.77. The second kappa shape index (κ2) is 3.96. The molecule has 1 aromatic rings. The maximum atomic E-state index is 13.3. The number of nitrogens with one attached hydrogen (secondary N) is 1. The van der Waals surface area contributed by atoms with Crippen molar-refractivity contribution in [3.63, 3.8) is 0 Å². The van der Waals surface area contributed by atoms with E-state index in [-0.39, 0.29) is 18.0 Å². The third-order valence-corrected chi connectivity index (χ3v) is 2.59. The monoisotopic (exact) mass is 195 g/mol. The molecule has 1 aliphatic heterocycles. The summed E-state index contributed by atoms with van der Waals surface area (Å²) in [5.74, 6) is -0.202. The Kier molecular flexibility index (Phi) is 2.68. The van der Waals surface area contributed by atoms with Gasteiger partial charge in [-0.05, 0) is 25.5 Å². The molecule has 0 amide bonds. The third kappa shape index (κ3) is 1.87. The molecule has 0 saturated carbocycles. The van der Waals surface area contributed by atoms with Crippen LogP contribution < -0.4 is 5.32 Å². The Balaban J connectivity index is 2.07. The van der Waals surface area contributed by atoms with Crippen molar-refractivity contribution in [2.24, 2.45) is 0 Å². The van der Waals surface area contributed by atoms with E-state index in [0.29, 0.717) is 5.69 Å². The predicted octanol–water partition coefficient (Wildman–Crippen LogP) is 2.42. The number of hydrogen-bond acceptors (Lipinski definition) is 2. The normalized spacial score (nSPS) is 26.4. The van der Waals surface area contributed by atoms with Gasteiger partial charge < -0.3 is 10.1 Å². The first-order valence-corrected chi connectivity index (χ1v) is 4.90. The van der Waals surface area contributed by atoms with Crippen LogP contribution in [0.2, 0.25) is 0 Å². The zero-order valence-corrected chi connectivity index (χ0v) is 8.16. The summed E-state index contributed by atoms with van der Waals surface area (Å²) in [5.41, 5.74) is 0.565. The number of benzene rings is 1. The lowest BCUT2D eigenvalue weighted by atomic mass is 10.1. The highest BCUT2D eigenvalue weighted by Gasteiger charge is 2.24. The molecule has 0 radical (unpaired) electrons. The van der Waals surface area contributed by atoms with Crippen molar-refractivity contribution in [1.29, 1.82) is 0 Å². The lowest BCUT2D eigenvalue weighted by molar-refractivity contribution is 0.121. The van der Waals surface area contributed by atoms with Crippen LogP contribution in [0.4, 0.5) is 10.1 Å². The first kappa shape index (κ1) is 9.46. The standard InChI is InChI=1S/C11H14FNO/c1-8-10(6-7-14-8)13-11-5-3-2-4-9(11)12/h2-5,8,10,13H,6-7H2,1H3/t8-,10+/m0/s1. The summed E-state index contributed by atoms with van der Waals surface area (Å²) < 4.78 is 18.7. The average Bonchev–Trinajstić information content (AvgIpc) is 2.56. The summed E-state index contributed by atoms with van der Waals surface area (Å²) in [4.78, 5) is 0. The molecule has 1 saturated heterocycles. The summed E-state index contributed by atoms with van der Waals surface area (Å²) in [6.45, 7) is 2.76. The fourth-order valence-electron chi connectivity index (χ4n) is 1.70. The van der Waals surface area contributed by atoms with Gasteiger partial charge in [0.2, 0.25) is 0 Å². The molecule has 1 N–H and O–H groups in total. The quantitative estimate of drug-likeness (QED) is 0.782. The van der Waals surface area contributed by atoms with E-state index in [1.807, 2.05) is 13.0 Å². The first-order valence-electron chi connectivity index (χ1n) is 4.90. The Hall–Kier alpha value is -1.09. The molecule has 0 aliphatic carbocycles. The van der Waals surface area contributed by atoms with Crippen LogP contribution in [-0.2, 0) is 4.74 Å². The van der Waals surface area contributed by atoms with Crippen LogP contribution in [0.3, 0.4) is 0 Å². The van der Waals surface area contributed by atoms with Gasteiger partial charge in [-0.1, -0.05) is 12.1 Å². The van der Waals surface area contributed by atoms with Gasteiger partial charge in [0.25, 0.3) is 0 Å². The molecule has 1 heterocycles. The van der Waals surface area contributed by atoms with E-state index < -0.39 is 0 Å². The number of para-hydroxylation sites is 1. The fourth-order valence-corrected chi connectivity index (χ4v) is 1.70. The number of halogens is 1. The molecule has 1 aromatic carbocycles. The van der Waals surface area contributed by atoms with E-state index in [1.54, 1.807) is 12.1 Å². The van der Waals surface area contributed by atoms with E-state index in [1.165, 1.54) is 6.07 Å². The Bertz CT molecular complexity index is 316. The van der Waals surface area contributed by atoms with Crippen LogP contribution in [0, 0.1) is 5.82 Å². The highest BCUT2D eigenvalue weighted by Crippen LogP contribution is 2.20. The highest BCUT2D eigenvalue weighted by atomic mass is 19.1. The Morgan fingerprint density at radius 2 is 2.21 bits per heavy atom. The number of ether oxygens (including phenoxy) is 1. The van der Waals surface area contributed by atoms with Gasteiger partial charge in [-0.3, -0.25) is 0 Å². The lowest BCUT2D eigenvalue weighted by Crippen LogP contribution is -2.27. The van der Waals surface area contributed by atoms with Crippen LogP contribution in [0.1, 0.15) is 13.3 Å². The largest absolute Gasteiger partial charge is 0.377 e. The van der Waals surface area contributed by atoms with Gasteiger partial charge >= 0.3 is 0 Å². The van der Waals surface area contributed by atoms with Gasteiger partial charge in [0, 0.05) is 6.61 Å². The van der Waals surface area contributed by atoms with E-state index in [9.17, 15) is 4.39 Å². The van der Waals surface area contributed by atoms with Gasteiger partial charge in [0.15, 0.2) is 0 Å². The molecule has 0 spiro atoms. The predicted molar refractivity (Wildman–Crippen MR) is 53.8 cm³/mol. The van der Waals surface area contributed by atoms with E-state index >= 15 is 0 Å². The zero-order valence-electron chi connectivity index (χ0n) is 8.16. The van der Waals surface area contributed by atoms with Crippen LogP contribution in [-0.4, -0.2) is 18.8 Å². The summed E-state index contributed by atoms with van der Waals surface area (Å²) in [6, 6.07) is 6.95. The Morgan fingerprint density at radius 3 is 2.86 bits per heavy atom. The van der Waals surface area contributed by atoms with Gasteiger partial charge in [-0.25, -0.2) is 4.39 Å². The molecule has 14 heavy (non-hydrogen) atoms. The van der Waals surface area contributed by atoms with Crippen molar-refractivity contribution >= 4 is 5.69 Å². The molecular formula is C11H14FNO. The molecule has 0 unspecified atom stereocenters. The van der Waals surface area contributed by atoms with Crippen molar-refractivity contribution < 1.29 is 9.13 Å². The average molecular weight is 195 g/mol. The van der Waals surface area contributed by atoms with E-state index in [2.05, 4.69) is 5.32 Å². The summed E-state index contributed by atoms with van der Waals surface area (Å²) >= 11 is 0. The number of anilines is 1. The minimum absolute atomic E-state index is 0.162. The third-order valence-electron chi connectivity index (χ3n) is 2.59. The zero-order chi connectivity index (χ0) is 9.97. The molecule has 1 fully saturated rings. The number of rotatable bonds is 2. The highest BCUT2D eigenvalue weighted by molar-refractivity contribution is 5.45. The SMILES string of the molecule is C[C@@H]1OCC[C@H]1Nc1ccccc1F. The lowest BCUT2D eigenvalue weighted by Gasteiger charge is -2.17. The maximum Gasteiger partial charge on any atom is 0.146 e. The molecule has 76 valence electrons. The van der Waals surface area contributed by atoms with Crippen LogP contribution in [0.25, 0.3) is 0 Å². The van der Waals surface area contributed by atoms with Crippen molar-refractivity contribution in [3.8, 4) is 0 Å². The fraction of sp³-hybridized carbons (Fsp3) is 0.455. The summed E-state index contributed by atoms with van der Waals surface area (Å²) in [5, 5.41) is 3.16. The smallest absolute Gasteiger partial charge is 0.146 e. The van der Waals surface area contributed by atoms with E-state index in [4.69, 9.17) is 4.74 Å². The maximum absolute atomic E-state index is 13.3. The van der Waals surface area contributed by atoms with Crippen LogP contribution in [0.15, 0.2) is 24.3 Å². The van der Waals surface area contributed by atoms with Gasteiger partial charge in [0.05, 0.1) is 17.8 Å². The van der Waals surface area contributed by atoms with Crippen molar-refractivity contribution in [1.82, 2.24) is 0 Å². The Labute approximate surface area is 83.1 Å². The molecule has 2 nitrogen and oxygen atoms in total. The second-order valence-electron chi connectivity index (χ2n) is 3.60. The van der Waals surface area contributed by atoms with Crippen molar-refractivity contribution in [3.05, 3.63) is 30.1 Å². The Morgan fingerprint density at radius 1 is 1.43 bits per heavy atom. The second-order valence-corrected chi connectivity index (χ2v) is 3.60. The van der Waals surface area contributed by atoms with Crippen LogP contribution in [0.5, 0.6) is 0 Å². The summed E-state index contributed by atoms with van der Waals surface area (Å²) in [6.07, 6.45) is 1.10. The van der Waals surface area contributed by atoms with Crippen molar-refractivity contribution in [2.45, 2.75) is 25.5 Å². The van der Waals surface area contributed by atoms with Crippen molar-refractivity contribution in [2.75, 3.05) is 11.9 Å². The minimum atomic E-state index is -0.202. The van der Waals surface area contributed by atoms with Crippen LogP contribution >= 0.6 is 0 Å². The molecule has 0 bridgehead atoms. The van der Waals surface area contributed by atoms with Gasteiger partial charge in [0.1, 0.15) is 5.82 Å². The summed E-state index contributed by atoms with van der Waals surface area (Å²) in [7, 11) is 0. The molecule has 2 rings (SSSR count). The molecule has 3 heteroatoms. The van der Waals surface area contributed by atoms with E-state index in [0.717, 1.165) is 13.0 Å². The number of hydrogen-bond donors (Lipinski definition) is 1. The molecule has 0 aromatic heterocycles. The molecule has 2 atom stereocenters.